The van der Waals surface area contributed by atoms with Crippen molar-refractivity contribution >= 4 is 11.6 Å². The molecule has 2 aromatic rings. The highest BCUT2D eigenvalue weighted by molar-refractivity contribution is 6.16. The van der Waals surface area contributed by atoms with Crippen molar-refractivity contribution < 1.29 is 0 Å². The summed E-state index contributed by atoms with van der Waals surface area (Å²) in [7, 11) is 0. The molecule has 1 aromatic heterocycles. The van der Waals surface area contributed by atoms with Gasteiger partial charge in [-0.05, 0) is 30.5 Å². The molecule has 0 fully saturated rings. The zero-order chi connectivity index (χ0) is 11.8. The smallest absolute Gasteiger partial charge is 0.136 e. The molecule has 0 bridgehead atoms. The highest BCUT2D eigenvalue weighted by Crippen LogP contribution is 2.38. The molecular weight excluding hydrogens is 232 g/mol. The Morgan fingerprint density at radius 1 is 1.29 bits per heavy atom. The Labute approximate surface area is 106 Å². The lowest BCUT2D eigenvalue weighted by Gasteiger charge is -2.29. The summed E-state index contributed by atoms with van der Waals surface area (Å²) in [6, 6.07) is 10.4. The van der Waals surface area contributed by atoms with E-state index >= 15 is 0 Å². The summed E-state index contributed by atoms with van der Waals surface area (Å²) in [5.74, 6) is 1.72. The van der Waals surface area contributed by atoms with E-state index in [0.29, 0.717) is 11.8 Å². The van der Waals surface area contributed by atoms with Crippen LogP contribution in [0.25, 0.3) is 0 Å². The first-order valence-corrected chi connectivity index (χ1v) is 6.29. The number of aromatic nitrogens is 2. The number of fused-ring (bicyclic) bond motifs is 1. The Morgan fingerprint density at radius 3 is 2.88 bits per heavy atom. The minimum atomic E-state index is 0.355. The normalized spacial score (nSPS) is 17.4. The van der Waals surface area contributed by atoms with Gasteiger partial charge in [0.25, 0.3) is 0 Å². The molecule has 1 aliphatic carbocycles. The highest BCUT2D eigenvalue weighted by atomic mass is 35.5. The average Bonchev–Trinajstić information content (AvgIpc) is 2.30. The fraction of sp³-hybridized carbons (Fsp3) is 0.286. The standard InChI is InChI=1S/C14H13ClN2/c1-9-6-11(8-15)17-14(16-9)13-7-10-4-2-3-5-12(10)13/h2-6,13H,7-8H2,1H3. The minimum Gasteiger partial charge on any atom is -0.238 e. The molecule has 1 aliphatic rings. The van der Waals surface area contributed by atoms with E-state index in [2.05, 4.69) is 34.2 Å². The van der Waals surface area contributed by atoms with Crippen molar-refractivity contribution in [3.05, 3.63) is 58.7 Å². The molecule has 0 saturated heterocycles. The van der Waals surface area contributed by atoms with Gasteiger partial charge in [0.1, 0.15) is 5.82 Å². The van der Waals surface area contributed by atoms with Crippen LogP contribution in [0.1, 0.15) is 34.3 Å². The lowest BCUT2D eigenvalue weighted by atomic mass is 9.77. The van der Waals surface area contributed by atoms with E-state index in [1.165, 1.54) is 11.1 Å². The second kappa shape index (κ2) is 4.11. The molecule has 0 saturated carbocycles. The summed E-state index contributed by atoms with van der Waals surface area (Å²) < 4.78 is 0. The third kappa shape index (κ3) is 1.83. The van der Waals surface area contributed by atoms with Crippen LogP contribution in [0.15, 0.2) is 30.3 Å². The molecular formula is C14H13ClN2. The number of hydrogen-bond donors (Lipinski definition) is 0. The molecule has 86 valence electrons. The van der Waals surface area contributed by atoms with Crippen molar-refractivity contribution in [3.8, 4) is 0 Å². The van der Waals surface area contributed by atoms with Crippen molar-refractivity contribution in [2.75, 3.05) is 0 Å². The Bertz CT molecular complexity index is 566. The molecule has 0 radical (unpaired) electrons. The predicted molar refractivity (Wildman–Crippen MR) is 68.3 cm³/mol. The monoisotopic (exact) mass is 244 g/mol. The summed E-state index contributed by atoms with van der Waals surface area (Å²) >= 11 is 5.85. The molecule has 0 amide bonds. The van der Waals surface area contributed by atoms with Gasteiger partial charge in [-0.15, -0.1) is 11.6 Å². The minimum absolute atomic E-state index is 0.355. The van der Waals surface area contributed by atoms with Crippen molar-refractivity contribution in [1.29, 1.82) is 0 Å². The van der Waals surface area contributed by atoms with Gasteiger partial charge in [0.05, 0.1) is 11.6 Å². The van der Waals surface area contributed by atoms with Gasteiger partial charge in [0.15, 0.2) is 0 Å². The molecule has 1 atom stereocenters. The predicted octanol–water partition coefficient (Wildman–Crippen LogP) is 3.21. The Kier molecular flexibility index (Phi) is 2.60. The largest absolute Gasteiger partial charge is 0.238 e. The van der Waals surface area contributed by atoms with E-state index in [-0.39, 0.29) is 0 Å². The summed E-state index contributed by atoms with van der Waals surface area (Å²) in [5, 5.41) is 0. The zero-order valence-electron chi connectivity index (χ0n) is 9.65. The topological polar surface area (TPSA) is 25.8 Å². The fourth-order valence-electron chi connectivity index (χ4n) is 2.37. The molecule has 1 aromatic carbocycles. The fourth-order valence-corrected chi connectivity index (χ4v) is 2.51. The van der Waals surface area contributed by atoms with Crippen LogP contribution < -0.4 is 0 Å². The van der Waals surface area contributed by atoms with E-state index in [9.17, 15) is 0 Å². The van der Waals surface area contributed by atoms with Crippen molar-refractivity contribution in [2.24, 2.45) is 0 Å². The number of halogens is 1. The Hall–Kier alpha value is -1.41. The maximum Gasteiger partial charge on any atom is 0.136 e. The molecule has 0 aliphatic heterocycles. The van der Waals surface area contributed by atoms with Gasteiger partial charge in [0, 0.05) is 11.6 Å². The number of nitrogens with zero attached hydrogens (tertiary/aromatic N) is 2. The molecule has 1 heterocycles. The SMILES string of the molecule is Cc1cc(CCl)nc(C2Cc3ccccc32)n1. The number of alkyl halides is 1. The summed E-state index contributed by atoms with van der Waals surface area (Å²) in [5.41, 5.74) is 4.68. The number of benzene rings is 1. The van der Waals surface area contributed by atoms with Gasteiger partial charge in [-0.25, -0.2) is 9.97 Å². The quantitative estimate of drug-likeness (QED) is 0.758. The summed E-state index contributed by atoms with van der Waals surface area (Å²) in [6.45, 7) is 1.99. The second-order valence-electron chi connectivity index (χ2n) is 4.45. The van der Waals surface area contributed by atoms with Crippen LogP contribution in [0.4, 0.5) is 0 Å². The Morgan fingerprint density at radius 2 is 2.12 bits per heavy atom. The second-order valence-corrected chi connectivity index (χ2v) is 4.72. The first-order chi connectivity index (χ1) is 8.28. The summed E-state index contributed by atoms with van der Waals surface area (Å²) in [4.78, 5) is 9.06. The third-order valence-corrected chi connectivity index (χ3v) is 3.50. The number of rotatable bonds is 2. The molecule has 17 heavy (non-hydrogen) atoms. The van der Waals surface area contributed by atoms with Crippen molar-refractivity contribution in [2.45, 2.75) is 25.1 Å². The van der Waals surface area contributed by atoms with Gasteiger partial charge in [-0.2, -0.15) is 0 Å². The average molecular weight is 245 g/mol. The molecule has 2 nitrogen and oxygen atoms in total. The highest BCUT2D eigenvalue weighted by Gasteiger charge is 2.29. The van der Waals surface area contributed by atoms with Crippen molar-refractivity contribution in [1.82, 2.24) is 9.97 Å². The van der Waals surface area contributed by atoms with Crippen LogP contribution in [0.3, 0.4) is 0 Å². The lowest BCUT2D eigenvalue weighted by Crippen LogP contribution is -2.21. The van der Waals surface area contributed by atoms with Crippen LogP contribution in [0.2, 0.25) is 0 Å². The van der Waals surface area contributed by atoms with Gasteiger partial charge in [-0.3, -0.25) is 0 Å². The van der Waals surface area contributed by atoms with Crippen LogP contribution in [-0.4, -0.2) is 9.97 Å². The number of aryl methyl sites for hydroxylation is 1. The van der Waals surface area contributed by atoms with E-state index in [4.69, 9.17) is 11.6 Å². The molecule has 3 heteroatoms. The van der Waals surface area contributed by atoms with Gasteiger partial charge in [0.2, 0.25) is 0 Å². The maximum atomic E-state index is 5.85. The van der Waals surface area contributed by atoms with E-state index in [1.807, 2.05) is 13.0 Å². The van der Waals surface area contributed by atoms with Crippen LogP contribution in [0.5, 0.6) is 0 Å². The first-order valence-electron chi connectivity index (χ1n) is 5.76. The van der Waals surface area contributed by atoms with Gasteiger partial charge in [-0.1, -0.05) is 24.3 Å². The lowest BCUT2D eigenvalue weighted by molar-refractivity contribution is 0.652. The molecule has 3 rings (SSSR count). The van der Waals surface area contributed by atoms with Crippen molar-refractivity contribution in [3.63, 3.8) is 0 Å². The maximum absolute atomic E-state index is 5.85. The zero-order valence-corrected chi connectivity index (χ0v) is 10.4. The molecule has 0 N–H and O–H groups in total. The Balaban J connectivity index is 2.00. The van der Waals surface area contributed by atoms with E-state index in [0.717, 1.165) is 23.6 Å². The van der Waals surface area contributed by atoms with Crippen LogP contribution >= 0.6 is 11.6 Å². The van der Waals surface area contributed by atoms with E-state index in [1.54, 1.807) is 0 Å². The number of hydrogen-bond acceptors (Lipinski definition) is 2. The molecule has 0 spiro atoms. The van der Waals surface area contributed by atoms with Gasteiger partial charge >= 0.3 is 0 Å². The van der Waals surface area contributed by atoms with Gasteiger partial charge < -0.3 is 0 Å². The third-order valence-electron chi connectivity index (χ3n) is 3.23. The first kappa shape index (κ1) is 10.7. The molecule has 1 unspecified atom stereocenters. The van der Waals surface area contributed by atoms with Crippen LogP contribution in [0, 0.1) is 6.92 Å². The van der Waals surface area contributed by atoms with Crippen LogP contribution in [-0.2, 0) is 12.3 Å². The van der Waals surface area contributed by atoms with E-state index < -0.39 is 0 Å². The summed E-state index contributed by atoms with van der Waals surface area (Å²) in [6.07, 6.45) is 1.04.